The summed E-state index contributed by atoms with van der Waals surface area (Å²) in [7, 11) is 1.57. The lowest BCUT2D eigenvalue weighted by molar-refractivity contribution is -0.130. The molecule has 1 aromatic rings. The minimum Gasteiger partial charge on any atom is -0.284 e. The Kier molecular flexibility index (Phi) is 3.25. The third-order valence-electron chi connectivity index (χ3n) is 1.56. The molecule has 0 aliphatic heterocycles. The van der Waals surface area contributed by atoms with E-state index in [1.807, 2.05) is 17.5 Å². The Morgan fingerprint density at radius 2 is 2.50 bits per heavy atom. The van der Waals surface area contributed by atoms with Crippen molar-refractivity contribution in [1.82, 2.24) is 5.01 Å². The van der Waals surface area contributed by atoms with Crippen molar-refractivity contribution in [2.75, 3.05) is 7.05 Å². The number of carbonyl (C=O) groups excluding carboxylic acids is 1. The number of nitrogens with zero attached hydrogens (tertiary/aromatic N) is 1. The maximum atomic E-state index is 11.0. The van der Waals surface area contributed by atoms with Crippen LogP contribution in [0.3, 0.4) is 0 Å². The molecule has 0 spiro atoms. The highest BCUT2D eigenvalue weighted by Gasteiger charge is 2.04. The zero-order valence-corrected chi connectivity index (χ0v) is 7.80. The van der Waals surface area contributed by atoms with E-state index < -0.39 is 0 Å². The number of carbonyl (C=O) groups is 1. The number of amides is 1. The summed E-state index contributed by atoms with van der Waals surface area (Å²) in [5.74, 6) is 5.24. The Balaban J connectivity index is 2.32. The van der Waals surface area contributed by atoms with Crippen molar-refractivity contribution in [3.05, 3.63) is 22.4 Å². The van der Waals surface area contributed by atoms with Crippen LogP contribution in [-0.4, -0.2) is 18.0 Å². The summed E-state index contributed by atoms with van der Waals surface area (Å²) in [5.41, 5.74) is 0. The van der Waals surface area contributed by atoms with Crippen LogP contribution in [-0.2, 0) is 11.2 Å². The predicted octanol–water partition coefficient (Wildman–Crippen LogP) is 1.01. The molecule has 0 saturated heterocycles. The molecule has 0 aromatic carbocycles. The monoisotopic (exact) mass is 184 g/mol. The molecule has 1 rings (SSSR count). The lowest BCUT2D eigenvalue weighted by Crippen LogP contribution is -2.33. The SMILES string of the molecule is CN(N)C(=O)CCc1cccs1. The van der Waals surface area contributed by atoms with Crippen LogP contribution in [0.1, 0.15) is 11.3 Å². The van der Waals surface area contributed by atoms with Gasteiger partial charge in [-0.05, 0) is 17.9 Å². The quantitative estimate of drug-likeness (QED) is 0.433. The summed E-state index contributed by atoms with van der Waals surface area (Å²) >= 11 is 1.67. The highest BCUT2D eigenvalue weighted by Crippen LogP contribution is 2.10. The molecule has 0 atom stereocenters. The van der Waals surface area contributed by atoms with E-state index in [-0.39, 0.29) is 5.91 Å². The standard InChI is InChI=1S/C8H12N2OS/c1-10(9)8(11)5-4-7-3-2-6-12-7/h2-3,6H,4-5,9H2,1H3. The van der Waals surface area contributed by atoms with Crippen molar-refractivity contribution in [1.29, 1.82) is 0 Å². The van der Waals surface area contributed by atoms with Crippen molar-refractivity contribution < 1.29 is 4.79 Å². The third-order valence-corrected chi connectivity index (χ3v) is 2.49. The zero-order chi connectivity index (χ0) is 8.97. The second-order valence-electron chi connectivity index (χ2n) is 2.58. The van der Waals surface area contributed by atoms with Gasteiger partial charge in [-0.3, -0.25) is 9.80 Å². The van der Waals surface area contributed by atoms with Crippen LogP contribution in [0.15, 0.2) is 17.5 Å². The molecule has 0 fully saturated rings. The Labute approximate surface area is 75.8 Å². The third kappa shape index (κ3) is 2.64. The summed E-state index contributed by atoms with van der Waals surface area (Å²) < 4.78 is 0. The van der Waals surface area contributed by atoms with Crippen LogP contribution in [0.4, 0.5) is 0 Å². The summed E-state index contributed by atoms with van der Waals surface area (Å²) in [4.78, 5) is 12.3. The molecule has 2 N–H and O–H groups in total. The second-order valence-corrected chi connectivity index (χ2v) is 3.62. The molecule has 1 amide bonds. The molecule has 3 nitrogen and oxygen atoms in total. The fourth-order valence-electron chi connectivity index (χ4n) is 0.861. The van der Waals surface area contributed by atoms with Crippen LogP contribution >= 0.6 is 11.3 Å². The van der Waals surface area contributed by atoms with Gasteiger partial charge in [0.25, 0.3) is 0 Å². The molecule has 0 unspecified atom stereocenters. The van der Waals surface area contributed by atoms with Crippen LogP contribution < -0.4 is 5.84 Å². The maximum Gasteiger partial charge on any atom is 0.236 e. The van der Waals surface area contributed by atoms with E-state index in [4.69, 9.17) is 5.84 Å². The topological polar surface area (TPSA) is 46.3 Å². The first-order chi connectivity index (χ1) is 5.70. The molecule has 0 aliphatic rings. The number of aryl methyl sites for hydroxylation is 1. The summed E-state index contributed by atoms with van der Waals surface area (Å²) in [6.07, 6.45) is 1.28. The second kappa shape index (κ2) is 4.23. The molecular formula is C8H12N2OS. The molecule has 0 saturated carbocycles. The van der Waals surface area contributed by atoms with Gasteiger partial charge in [-0.25, -0.2) is 5.84 Å². The fourth-order valence-corrected chi connectivity index (χ4v) is 1.57. The minimum atomic E-state index is -0.0246. The molecule has 0 bridgehead atoms. The van der Waals surface area contributed by atoms with E-state index in [0.29, 0.717) is 6.42 Å². The van der Waals surface area contributed by atoms with Gasteiger partial charge >= 0.3 is 0 Å². The Morgan fingerprint density at radius 3 is 3.00 bits per heavy atom. The average molecular weight is 184 g/mol. The van der Waals surface area contributed by atoms with E-state index in [0.717, 1.165) is 11.4 Å². The van der Waals surface area contributed by atoms with Crippen molar-refractivity contribution >= 4 is 17.2 Å². The van der Waals surface area contributed by atoms with Crippen molar-refractivity contribution in [3.63, 3.8) is 0 Å². The lowest BCUT2D eigenvalue weighted by Gasteiger charge is -2.08. The molecule has 4 heteroatoms. The molecule has 12 heavy (non-hydrogen) atoms. The lowest BCUT2D eigenvalue weighted by atomic mass is 10.2. The highest BCUT2D eigenvalue weighted by molar-refractivity contribution is 7.09. The summed E-state index contributed by atoms with van der Waals surface area (Å²) in [5, 5.41) is 3.14. The number of rotatable bonds is 3. The smallest absolute Gasteiger partial charge is 0.236 e. The Bertz CT molecular complexity index is 244. The summed E-state index contributed by atoms with van der Waals surface area (Å²) in [6.45, 7) is 0. The van der Waals surface area contributed by atoms with Gasteiger partial charge in [-0.1, -0.05) is 6.07 Å². The first-order valence-electron chi connectivity index (χ1n) is 3.74. The average Bonchev–Trinajstić information content (AvgIpc) is 2.51. The van der Waals surface area contributed by atoms with E-state index >= 15 is 0 Å². The van der Waals surface area contributed by atoms with Gasteiger partial charge in [-0.15, -0.1) is 11.3 Å². The van der Waals surface area contributed by atoms with E-state index in [1.54, 1.807) is 18.4 Å². The Hall–Kier alpha value is -0.870. The zero-order valence-electron chi connectivity index (χ0n) is 6.99. The summed E-state index contributed by atoms with van der Waals surface area (Å²) in [6, 6.07) is 4.01. The number of hydrogen-bond acceptors (Lipinski definition) is 3. The molecule has 1 heterocycles. The molecule has 66 valence electrons. The number of thiophene rings is 1. The highest BCUT2D eigenvalue weighted by atomic mass is 32.1. The van der Waals surface area contributed by atoms with E-state index in [9.17, 15) is 4.79 Å². The number of nitrogens with two attached hydrogens (primary N) is 1. The first-order valence-corrected chi connectivity index (χ1v) is 4.62. The van der Waals surface area contributed by atoms with Crippen molar-refractivity contribution in [3.8, 4) is 0 Å². The first kappa shape index (κ1) is 9.22. The van der Waals surface area contributed by atoms with Gasteiger partial charge in [0.1, 0.15) is 0 Å². The van der Waals surface area contributed by atoms with E-state index in [2.05, 4.69) is 0 Å². The minimum absolute atomic E-state index is 0.0246. The van der Waals surface area contributed by atoms with Gasteiger partial charge in [0, 0.05) is 18.3 Å². The van der Waals surface area contributed by atoms with Crippen molar-refractivity contribution in [2.45, 2.75) is 12.8 Å². The van der Waals surface area contributed by atoms with E-state index in [1.165, 1.54) is 4.88 Å². The van der Waals surface area contributed by atoms with Gasteiger partial charge in [0.05, 0.1) is 0 Å². The van der Waals surface area contributed by atoms with Gasteiger partial charge in [-0.2, -0.15) is 0 Å². The fraction of sp³-hybridized carbons (Fsp3) is 0.375. The van der Waals surface area contributed by atoms with Crippen molar-refractivity contribution in [2.24, 2.45) is 5.84 Å². The molecule has 0 radical (unpaired) electrons. The predicted molar refractivity (Wildman–Crippen MR) is 49.6 cm³/mol. The van der Waals surface area contributed by atoms with Gasteiger partial charge in [0.2, 0.25) is 5.91 Å². The number of hydrazine groups is 1. The van der Waals surface area contributed by atoms with Crippen LogP contribution in [0.25, 0.3) is 0 Å². The maximum absolute atomic E-state index is 11.0. The van der Waals surface area contributed by atoms with Gasteiger partial charge < -0.3 is 0 Å². The van der Waals surface area contributed by atoms with Gasteiger partial charge in [0.15, 0.2) is 0 Å². The van der Waals surface area contributed by atoms with Crippen LogP contribution in [0.2, 0.25) is 0 Å². The van der Waals surface area contributed by atoms with Crippen LogP contribution in [0.5, 0.6) is 0 Å². The number of hydrogen-bond donors (Lipinski definition) is 1. The normalized spacial score (nSPS) is 9.83. The Morgan fingerprint density at radius 1 is 1.75 bits per heavy atom. The molecule has 0 aliphatic carbocycles. The van der Waals surface area contributed by atoms with Crippen LogP contribution in [0, 0.1) is 0 Å². The molecular weight excluding hydrogens is 172 g/mol. The largest absolute Gasteiger partial charge is 0.284 e. The molecule has 1 aromatic heterocycles.